The van der Waals surface area contributed by atoms with Crippen LogP contribution in [-0.4, -0.2) is 54.8 Å². The molecule has 7 nitrogen and oxygen atoms in total. The summed E-state index contributed by atoms with van der Waals surface area (Å²) in [6.45, 7) is 5.67. The molecule has 2 rings (SSSR count). The first-order valence-electron chi connectivity index (χ1n) is 7.89. The molecule has 7 heteroatoms. The third-order valence-electron chi connectivity index (χ3n) is 4.37. The van der Waals surface area contributed by atoms with Crippen molar-refractivity contribution in [2.45, 2.75) is 39.2 Å². The normalized spacial score (nSPS) is 27.0. The van der Waals surface area contributed by atoms with Crippen molar-refractivity contribution in [2.75, 3.05) is 20.2 Å². The monoisotopic (exact) mass is 337 g/mol. The summed E-state index contributed by atoms with van der Waals surface area (Å²) < 4.78 is 10.3. The summed E-state index contributed by atoms with van der Waals surface area (Å²) in [6, 6.07) is 0. The van der Waals surface area contributed by atoms with Crippen LogP contribution >= 0.6 is 0 Å². The summed E-state index contributed by atoms with van der Waals surface area (Å²) in [4.78, 5) is 49.4. The van der Waals surface area contributed by atoms with Gasteiger partial charge in [0.15, 0.2) is 5.78 Å². The number of ketones is 1. The first-order chi connectivity index (χ1) is 11.1. The van der Waals surface area contributed by atoms with E-state index in [-0.39, 0.29) is 18.7 Å². The standard InChI is InChI=1S/C17H23NO6/c1-16(2,3)24-15(22)18-6-5-12-7-13(20)11(9-19)8-17(12,10-18)14(21)23-4/h7,9,11H,5-6,8,10H2,1-4H3/t11?,17-/m0/s1. The minimum Gasteiger partial charge on any atom is -0.468 e. The largest absolute Gasteiger partial charge is 0.468 e. The van der Waals surface area contributed by atoms with Gasteiger partial charge in [-0.1, -0.05) is 0 Å². The highest BCUT2D eigenvalue weighted by Gasteiger charge is 2.52. The third-order valence-corrected chi connectivity index (χ3v) is 4.37. The van der Waals surface area contributed by atoms with Gasteiger partial charge in [-0.2, -0.15) is 0 Å². The minimum atomic E-state index is -1.16. The lowest BCUT2D eigenvalue weighted by atomic mass is 9.65. The number of esters is 1. The first kappa shape index (κ1) is 18.2. The predicted octanol–water partition coefficient (Wildman–Crippen LogP) is 1.50. The fraction of sp³-hybridized carbons (Fsp3) is 0.647. The smallest absolute Gasteiger partial charge is 0.410 e. The van der Waals surface area contributed by atoms with Gasteiger partial charge in [0, 0.05) is 13.1 Å². The molecule has 1 heterocycles. The molecule has 0 bridgehead atoms. The molecule has 0 saturated carbocycles. The van der Waals surface area contributed by atoms with Crippen LogP contribution in [0.4, 0.5) is 4.79 Å². The molecule has 24 heavy (non-hydrogen) atoms. The fourth-order valence-corrected chi connectivity index (χ4v) is 3.23. The molecule has 0 aromatic carbocycles. The van der Waals surface area contributed by atoms with Crippen molar-refractivity contribution >= 4 is 24.1 Å². The van der Waals surface area contributed by atoms with E-state index in [0.29, 0.717) is 24.8 Å². The highest BCUT2D eigenvalue weighted by molar-refractivity contribution is 6.04. The fourth-order valence-electron chi connectivity index (χ4n) is 3.23. The van der Waals surface area contributed by atoms with Gasteiger partial charge in [-0.25, -0.2) is 4.79 Å². The number of allylic oxidation sites excluding steroid dienone is 1. The molecule has 1 amide bonds. The Bertz CT molecular complexity index is 603. The number of carbonyl (C=O) groups is 4. The van der Waals surface area contributed by atoms with Crippen molar-refractivity contribution in [1.29, 1.82) is 0 Å². The third kappa shape index (κ3) is 3.34. The maximum atomic E-state index is 12.5. The molecule has 2 atom stereocenters. The van der Waals surface area contributed by atoms with Gasteiger partial charge >= 0.3 is 12.1 Å². The molecule has 0 radical (unpaired) electrons. The number of rotatable bonds is 2. The van der Waals surface area contributed by atoms with Gasteiger partial charge in [0.05, 0.1) is 13.0 Å². The number of aldehydes is 1. The van der Waals surface area contributed by atoms with E-state index in [1.54, 1.807) is 20.8 Å². The van der Waals surface area contributed by atoms with Crippen molar-refractivity contribution in [3.8, 4) is 0 Å². The Hall–Kier alpha value is -2.18. The molecule has 1 aliphatic carbocycles. The van der Waals surface area contributed by atoms with E-state index < -0.39 is 29.0 Å². The number of ether oxygens (including phenoxy) is 2. The summed E-state index contributed by atoms with van der Waals surface area (Å²) in [6.07, 6.45) is 1.78. The lowest BCUT2D eigenvalue weighted by Gasteiger charge is -2.45. The van der Waals surface area contributed by atoms with Gasteiger partial charge in [-0.3, -0.25) is 9.59 Å². The number of fused-ring (bicyclic) bond motifs is 1. The van der Waals surface area contributed by atoms with Crippen LogP contribution in [0.15, 0.2) is 11.6 Å². The van der Waals surface area contributed by atoms with E-state index in [2.05, 4.69) is 0 Å². The molecule has 0 spiro atoms. The topological polar surface area (TPSA) is 90.0 Å². The number of carbonyl (C=O) groups excluding carboxylic acids is 4. The minimum absolute atomic E-state index is 0.0210. The van der Waals surface area contributed by atoms with E-state index in [0.717, 1.165) is 0 Å². The quantitative estimate of drug-likeness (QED) is 0.431. The Morgan fingerprint density at radius 3 is 2.58 bits per heavy atom. The molecule has 0 aromatic heterocycles. The molecule has 1 saturated heterocycles. The zero-order valence-electron chi connectivity index (χ0n) is 14.5. The highest BCUT2D eigenvalue weighted by Crippen LogP contribution is 2.45. The van der Waals surface area contributed by atoms with Crippen molar-refractivity contribution in [3.05, 3.63) is 11.6 Å². The Morgan fingerprint density at radius 1 is 1.38 bits per heavy atom. The van der Waals surface area contributed by atoms with Crippen molar-refractivity contribution in [1.82, 2.24) is 4.90 Å². The van der Waals surface area contributed by atoms with Gasteiger partial charge in [-0.15, -0.1) is 0 Å². The van der Waals surface area contributed by atoms with Gasteiger partial charge in [0.1, 0.15) is 17.3 Å². The van der Waals surface area contributed by atoms with Crippen LogP contribution in [0.3, 0.4) is 0 Å². The molecule has 1 unspecified atom stereocenters. The lowest BCUT2D eigenvalue weighted by molar-refractivity contribution is -0.154. The molecule has 0 N–H and O–H groups in total. The SMILES string of the molecule is COC(=O)[C@]12CC(C=O)C(=O)C=C1CCN(C(=O)OC(C)(C)C)C2. The number of hydrogen-bond donors (Lipinski definition) is 0. The van der Waals surface area contributed by atoms with E-state index in [9.17, 15) is 19.2 Å². The maximum Gasteiger partial charge on any atom is 0.410 e. The number of amides is 1. The average molecular weight is 337 g/mol. The summed E-state index contributed by atoms with van der Waals surface area (Å²) >= 11 is 0. The van der Waals surface area contributed by atoms with Crippen LogP contribution in [0.5, 0.6) is 0 Å². The molecule has 132 valence electrons. The summed E-state index contributed by atoms with van der Waals surface area (Å²) in [5.41, 5.74) is -1.19. The maximum absolute atomic E-state index is 12.5. The van der Waals surface area contributed by atoms with E-state index in [1.165, 1.54) is 18.1 Å². The van der Waals surface area contributed by atoms with Gasteiger partial charge in [-0.05, 0) is 45.3 Å². The molecular formula is C17H23NO6. The lowest BCUT2D eigenvalue weighted by Crippen LogP contribution is -2.55. The Morgan fingerprint density at radius 2 is 2.04 bits per heavy atom. The Labute approximate surface area is 141 Å². The molecule has 1 fully saturated rings. The van der Waals surface area contributed by atoms with Gasteiger partial charge in [0.2, 0.25) is 0 Å². The van der Waals surface area contributed by atoms with Crippen LogP contribution in [0.2, 0.25) is 0 Å². The molecule has 0 aromatic rings. The van der Waals surface area contributed by atoms with Crippen molar-refractivity contribution in [3.63, 3.8) is 0 Å². The number of hydrogen-bond acceptors (Lipinski definition) is 6. The van der Waals surface area contributed by atoms with Crippen LogP contribution in [-0.2, 0) is 23.9 Å². The summed E-state index contributed by atoms with van der Waals surface area (Å²) in [7, 11) is 1.26. The Balaban J connectivity index is 2.34. The van der Waals surface area contributed by atoms with Crippen LogP contribution in [0, 0.1) is 11.3 Å². The number of nitrogens with zero attached hydrogens (tertiary/aromatic N) is 1. The van der Waals surface area contributed by atoms with Gasteiger partial charge in [0.25, 0.3) is 0 Å². The van der Waals surface area contributed by atoms with E-state index in [1.807, 2.05) is 0 Å². The Kier molecular flexibility index (Phi) is 4.82. The second-order valence-corrected chi connectivity index (χ2v) is 7.24. The second kappa shape index (κ2) is 6.37. The zero-order valence-corrected chi connectivity index (χ0v) is 14.5. The number of likely N-dealkylation sites (tertiary alicyclic amines) is 1. The average Bonchev–Trinajstić information content (AvgIpc) is 2.51. The van der Waals surface area contributed by atoms with E-state index >= 15 is 0 Å². The molecule has 2 aliphatic rings. The second-order valence-electron chi connectivity index (χ2n) is 7.24. The molecular weight excluding hydrogens is 314 g/mol. The molecule has 1 aliphatic heterocycles. The predicted molar refractivity (Wildman–Crippen MR) is 84.1 cm³/mol. The van der Waals surface area contributed by atoms with Crippen molar-refractivity contribution in [2.24, 2.45) is 11.3 Å². The summed E-state index contributed by atoms with van der Waals surface area (Å²) in [5.74, 6) is -1.74. The number of methoxy groups -OCH3 is 1. The highest BCUT2D eigenvalue weighted by atomic mass is 16.6. The van der Waals surface area contributed by atoms with Crippen LogP contribution < -0.4 is 0 Å². The van der Waals surface area contributed by atoms with E-state index in [4.69, 9.17) is 9.47 Å². The van der Waals surface area contributed by atoms with Crippen LogP contribution in [0.25, 0.3) is 0 Å². The van der Waals surface area contributed by atoms with Crippen LogP contribution in [0.1, 0.15) is 33.6 Å². The zero-order chi connectivity index (χ0) is 18.1. The first-order valence-corrected chi connectivity index (χ1v) is 7.89. The van der Waals surface area contributed by atoms with Gasteiger partial charge < -0.3 is 19.2 Å². The number of piperidine rings is 1. The summed E-state index contributed by atoms with van der Waals surface area (Å²) in [5, 5.41) is 0. The van der Waals surface area contributed by atoms with Crippen molar-refractivity contribution < 1.29 is 28.7 Å².